The molecule has 1 aliphatic rings. The number of rotatable bonds is 2. The number of allylic oxidation sites excluding steroid dienone is 2. The van der Waals surface area contributed by atoms with Crippen molar-refractivity contribution in [3.8, 4) is 0 Å². The van der Waals surface area contributed by atoms with E-state index in [-0.39, 0.29) is 6.61 Å². The molecule has 0 spiro atoms. The van der Waals surface area contributed by atoms with Crippen LogP contribution in [0.25, 0.3) is 0 Å². The SMILES string of the molecule is C=C(C)C1CC=C(C)C(CO)C1. The molecule has 0 saturated carbocycles. The quantitative estimate of drug-likeness (QED) is 0.625. The minimum absolute atomic E-state index is 0.284. The summed E-state index contributed by atoms with van der Waals surface area (Å²) in [5, 5.41) is 9.09. The fraction of sp³-hybridized carbons (Fsp3) is 0.636. The van der Waals surface area contributed by atoms with Gasteiger partial charge in [0.15, 0.2) is 0 Å². The van der Waals surface area contributed by atoms with Gasteiger partial charge in [0.1, 0.15) is 0 Å². The summed E-state index contributed by atoms with van der Waals surface area (Å²) in [6.07, 6.45) is 4.43. The van der Waals surface area contributed by atoms with Crippen LogP contribution in [0.2, 0.25) is 0 Å². The summed E-state index contributed by atoms with van der Waals surface area (Å²) < 4.78 is 0. The normalized spacial score (nSPS) is 29.8. The van der Waals surface area contributed by atoms with Gasteiger partial charge in [-0.2, -0.15) is 0 Å². The maximum atomic E-state index is 9.09. The molecular formula is C11H18O. The van der Waals surface area contributed by atoms with Gasteiger partial charge in [-0.15, -0.1) is 0 Å². The van der Waals surface area contributed by atoms with Crippen LogP contribution in [0.4, 0.5) is 0 Å². The summed E-state index contributed by atoms with van der Waals surface area (Å²) in [5.41, 5.74) is 2.59. The predicted molar refractivity (Wildman–Crippen MR) is 51.9 cm³/mol. The second kappa shape index (κ2) is 3.90. The summed E-state index contributed by atoms with van der Waals surface area (Å²) in [6.45, 7) is 8.43. The van der Waals surface area contributed by atoms with Crippen molar-refractivity contribution < 1.29 is 5.11 Å². The molecule has 12 heavy (non-hydrogen) atoms. The van der Waals surface area contributed by atoms with E-state index in [0.717, 1.165) is 12.8 Å². The van der Waals surface area contributed by atoms with Gasteiger partial charge in [-0.25, -0.2) is 0 Å². The molecule has 1 N–H and O–H groups in total. The molecule has 0 heterocycles. The number of aliphatic hydroxyl groups excluding tert-OH is 1. The molecule has 1 aliphatic carbocycles. The van der Waals surface area contributed by atoms with Crippen molar-refractivity contribution in [2.45, 2.75) is 26.7 Å². The van der Waals surface area contributed by atoms with Crippen LogP contribution in [0.15, 0.2) is 23.8 Å². The lowest BCUT2D eigenvalue weighted by Crippen LogP contribution is -2.18. The molecule has 0 aromatic rings. The van der Waals surface area contributed by atoms with Crippen molar-refractivity contribution in [2.75, 3.05) is 6.61 Å². The van der Waals surface area contributed by atoms with Crippen molar-refractivity contribution in [3.05, 3.63) is 23.8 Å². The molecule has 1 rings (SSSR count). The summed E-state index contributed by atoms with van der Waals surface area (Å²) in [5.74, 6) is 0.964. The molecule has 0 amide bonds. The minimum Gasteiger partial charge on any atom is -0.396 e. The smallest absolute Gasteiger partial charge is 0.0496 e. The van der Waals surface area contributed by atoms with E-state index >= 15 is 0 Å². The molecule has 0 bridgehead atoms. The summed E-state index contributed by atoms with van der Waals surface area (Å²) in [4.78, 5) is 0. The molecule has 2 atom stereocenters. The van der Waals surface area contributed by atoms with E-state index < -0.39 is 0 Å². The Morgan fingerprint density at radius 1 is 1.75 bits per heavy atom. The highest BCUT2D eigenvalue weighted by Crippen LogP contribution is 2.32. The Labute approximate surface area is 74.8 Å². The summed E-state index contributed by atoms with van der Waals surface area (Å²) in [7, 11) is 0. The van der Waals surface area contributed by atoms with Crippen LogP contribution in [-0.4, -0.2) is 11.7 Å². The van der Waals surface area contributed by atoms with Gasteiger partial charge in [0.25, 0.3) is 0 Å². The van der Waals surface area contributed by atoms with Crippen LogP contribution in [0, 0.1) is 11.8 Å². The molecular weight excluding hydrogens is 148 g/mol. The van der Waals surface area contributed by atoms with Crippen molar-refractivity contribution in [3.63, 3.8) is 0 Å². The van der Waals surface area contributed by atoms with E-state index in [9.17, 15) is 0 Å². The van der Waals surface area contributed by atoms with Gasteiger partial charge in [0, 0.05) is 12.5 Å². The molecule has 0 saturated heterocycles. The first-order valence-corrected chi connectivity index (χ1v) is 4.58. The molecule has 68 valence electrons. The van der Waals surface area contributed by atoms with Crippen LogP contribution in [0.3, 0.4) is 0 Å². The van der Waals surface area contributed by atoms with Crippen molar-refractivity contribution in [2.24, 2.45) is 11.8 Å². The molecule has 0 aromatic heterocycles. The lowest BCUT2D eigenvalue weighted by molar-refractivity contribution is 0.222. The topological polar surface area (TPSA) is 20.2 Å². The first-order valence-electron chi connectivity index (χ1n) is 4.58. The number of aliphatic hydroxyl groups is 1. The Morgan fingerprint density at radius 2 is 2.42 bits per heavy atom. The highest BCUT2D eigenvalue weighted by molar-refractivity contribution is 5.13. The van der Waals surface area contributed by atoms with Gasteiger partial charge in [0.05, 0.1) is 0 Å². The summed E-state index contributed by atoms with van der Waals surface area (Å²) in [6, 6.07) is 0. The van der Waals surface area contributed by atoms with Gasteiger partial charge in [-0.3, -0.25) is 0 Å². The van der Waals surface area contributed by atoms with E-state index in [1.807, 2.05) is 0 Å². The average Bonchev–Trinajstić information content (AvgIpc) is 2.05. The zero-order chi connectivity index (χ0) is 9.14. The third-order valence-electron chi connectivity index (χ3n) is 2.85. The minimum atomic E-state index is 0.284. The van der Waals surface area contributed by atoms with Crippen LogP contribution >= 0.6 is 0 Å². The number of hydrogen-bond donors (Lipinski definition) is 1. The van der Waals surface area contributed by atoms with Crippen molar-refractivity contribution in [1.82, 2.24) is 0 Å². The van der Waals surface area contributed by atoms with Crippen LogP contribution in [0.1, 0.15) is 26.7 Å². The molecule has 0 aromatic carbocycles. The Morgan fingerprint density at radius 3 is 2.92 bits per heavy atom. The van der Waals surface area contributed by atoms with Crippen molar-refractivity contribution in [1.29, 1.82) is 0 Å². The molecule has 0 fully saturated rings. The maximum absolute atomic E-state index is 9.09. The second-order valence-electron chi connectivity index (χ2n) is 3.84. The van der Waals surface area contributed by atoms with Crippen LogP contribution in [-0.2, 0) is 0 Å². The Hall–Kier alpha value is -0.560. The third-order valence-corrected chi connectivity index (χ3v) is 2.85. The Kier molecular flexibility index (Phi) is 3.10. The predicted octanol–water partition coefficient (Wildman–Crippen LogP) is 2.53. The standard InChI is InChI=1S/C11H18O/c1-8(2)10-5-4-9(3)11(6-10)7-12/h4,10-12H,1,5-7H2,2-3H3. The lowest BCUT2D eigenvalue weighted by Gasteiger charge is -2.27. The van der Waals surface area contributed by atoms with Gasteiger partial charge >= 0.3 is 0 Å². The molecule has 0 radical (unpaired) electrons. The van der Waals surface area contributed by atoms with Gasteiger partial charge < -0.3 is 5.11 Å². The highest BCUT2D eigenvalue weighted by atomic mass is 16.3. The molecule has 1 heteroatoms. The third kappa shape index (κ3) is 1.98. The fourth-order valence-corrected chi connectivity index (χ4v) is 1.74. The zero-order valence-corrected chi connectivity index (χ0v) is 8.01. The highest BCUT2D eigenvalue weighted by Gasteiger charge is 2.21. The average molecular weight is 166 g/mol. The van der Waals surface area contributed by atoms with Gasteiger partial charge in [-0.05, 0) is 32.6 Å². The van der Waals surface area contributed by atoms with Crippen LogP contribution < -0.4 is 0 Å². The largest absolute Gasteiger partial charge is 0.396 e. The fourth-order valence-electron chi connectivity index (χ4n) is 1.74. The van der Waals surface area contributed by atoms with E-state index in [4.69, 9.17) is 5.11 Å². The van der Waals surface area contributed by atoms with E-state index in [2.05, 4.69) is 26.5 Å². The van der Waals surface area contributed by atoms with Crippen molar-refractivity contribution >= 4 is 0 Å². The molecule has 1 nitrogen and oxygen atoms in total. The number of hydrogen-bond acceptors (Lipinski definition) is 1. The summed E-state index contributed by atoms with van der Waals surface area (Å²) >= 11 is 0. The zero-order valence-electron chi connectivity index (χ0n) is 8.01. The Bertz CT molecular complexity index is 203. The molecule has 2 unspecified atom stereocenters. The van der Waals surface area contributed by atoms with Crippen LogP contribution in [0.5, 0.6) is 0 Å². The van der Waals surface area contributed by atoms with E-state index in [1.165, 1.54) is 11.1 Å². The van der Waals surface area contributed by atoms with Gasteiger partial charge in [0.2, 0.25) is 0 Å². The first kappa shape index (κ1) is 9.53. The lowest BCUT2D eigenvalue weighted by atomic mass is 9.79. The monoisotopic (exact) mass is 166 g/mol. The molecule has 0 aliphatic heterocycles. The maximum Gasteiger partial charge on any atom is 0.0496 e. The van der Waals surface area contributed by atoms with E-state index in [0.29, 0.717) is 11.8 Å². The second-order valence-corrected chi connectivity index (χ2v) is 3.84. The first-order chi connectivity index (χ1) is 5.65. The Balaban J connectivity index is 2.64. The van der Waals surface area contributed by atoms with E-state index in [1.54, 1.807) is 0 Å². The van der Waals surface area contributed by atoms with Gasteiger partial charge in [-0.1, -0.05) is 23.8 Å².